The zero-order chi connectivity index (χ0) is 23.8. The summed E-state index contributed by atoms with van der Waals surface area (Å²) in [5.74, 6) is -1.97. The lowest BCUT2D eigenvalue weighted by atomic mass is 10.2. The van der Waals surface area contributed by atoms with Crippen LogP contribution in [0.25, 0.3) is 0 Å². The third-order valence-electron chi connectivity index (χ3n) is 4.14. The molecule has 3 rings (SSSR count). The molecule has 0 heterocycles. The number of ether oxygens (including phenoxy) is 1. The average molecular weight is 488 g/mol. The SMILES string of the molecule is O=C(CNC(=O)c1ccc(F)cc1)N/N=C\c1cccc(OC(=O)c2ccc(Cl)cc2Cl)c1. The number of hydrogen-bond acceptors (Lipinski definition) is 5. The van der Waals surface area contributed by atoms with E-state index in [1.54, 1.807) is 18.2 Å². The summed E-state index contributed by atoms with van der Waals surface area (Å²) < 4.78 is 18.2. The highest BCUT2D eigenvalue weighted by molar-refractivity contribution is 6.36. The van der Waals surface area contributed by atoms with Crippen molar-refractivity contribution >= 4 is 47.2 Å². The second-order valence-corrected chi connectivity index (χ2v) is 7.41. The molecule has 3 aromatic rings. The highest BCUT2D eigenvalue weighted by atomic mass is 35.5. The number of carbonyl (C=O) groups is 3. The van der Waals surface area contributed by atoms with E-state index in [0.29, 0.717) is 10.6 Å². The summed E-state index contributed by atoms with van der Waals surface area (Å²) in [6.45, 7) is -0.326. The molecule has 0 aliphatic heterocycles. The first-order chi connectivity index (χ1) is 15.8. The Morgan fingerprint density at radius 1 is 1.00 bits per heavy atom. The van der Waals surface area contributed by atoms with Crippen molar-refractivity contribution < 1.29 is 23.5 Å². The number of rotatable bonds is 7. The number of nitrogens with zero attached hydrogens (tertiary/aromatic N) is 1. The van der Waals surface area contributed by atoms with Crippen molar-refractivity contribution in [3.63, 3.8) is 0 Å². The van der Waals surface area contributed by atoms with Crippen LogP contribution in [0.2, 0.25) is 10.0 Å². The van der Waals surface area contributed by atoms with Gasteiger partial charge in [-0.3, -0.25) is 9.59 Å². The van der Waals surface area contributed by atoms with Gasteiger partial charge in [0.2, 0.25) is 0 Å². The van der Waals surface area contributed by atoms with E-state index in [0.717, 1.165) is 12.1 Å². The smallest absolute Gasteiger partial charge is 0.345 e. The molecule has 10 heteroatoms. The number of nitrogens with one attached hydrogen (secondary N) is 2. The van der Waals surface area contributed by atoms with Gasteiger partial charge in [-0.25, -0.2) is 14.6 Å². The fourth-order valence-corrected chi connectivity index (χ4v) is 3.04. The van der Waals surface area contributed by atoms with Crippen molar-refractivity contribution in [1.82, 2.24) is 10.7 Å². The normalized spacial score (nSPS) is 10.6. The van der Waals surface area contributed by atoms with E-state index in [1.807, 2.05) is 0 Å². The van der Waals surface area contributed by atoms with E-state index in [4.69, 9.17) is 27.9 Å². The maximum atomic E-state index is 12.9. The number of hydrazone groups is 1. The number of amides is 2. The van der Waals surface area contributed by atoms with Crippen LogP contribution in [0.3, 0.4) is 0 Å². The molecule has 33 heavy (non-hydrogen) atoms. The van der Waals surface area contributed by atoms with Crippen molar-refractivity contribution in [2.45, 2.75) is 0 Å². The van der Waals surface area contributed by atoms with Crippen molar-refractivity contribution in [1.29, 1.82) is 0 Å². The maximum absolute atomic E-state index is 12.9. The van der Waals surface area contributed by atoms with Gasteiger partial charge < -0.3 is 10.1 Å². The third-order valence-corrected chi connectivity index (χ3v) is 4.69. The molecule has 2 amide bonds. The number of halogens is 3. The molecule has 0 fully saturated rings. The lowest BCUT2D eigenvalue weighted by Crippen LogP contribution is -2.34. The molecule has 0 aromatic heterocycles. The summed E-state index contributed by atoms with van der Waals surface area (Å²) in [5.41, 5.74) is 3.19. The second kappa shape index (κ2) is 11.2. The van der Waals surface area contributed by atoms with Crippen LogP contribution in [0.1, 0.15) is 26.3 Å². The van der Waals surface area contributed by atoms with Crippen LogP contribution in [0.4, 0.5) is 4.39 Å². The van der Waals surface area contributed by atoms with E-state index >= 15 is 0 Å². The highest BCUT2D eigenvalue weighted by Crippen LogP contribution is 2.23. The quantitative estimate of drug-likeness (QED) is 0.225. The van der Waals surface area contributed by atoms with E-state index in [1.165, 1.54) is 42.6 Å². The summed E-state index contributed by atoms with van der Waals surface area (Å²) in [7, 11) is 0. The molecule has 3 aromatic carbocycles. The van der Waals surface area contributed by atoms with Crippen LogP contribution in [0.15, 0.2) is 71.8 Å². The second-order valence-electron chi connectivity index (χ2n) is 6.57. The lowest BCUT2D eigenvalue weighted by molar-refractivity contribution is -0.120. The van der Waals surface area contributed by atoms with Gasteiger partial charge in [0.1, 0.15) is 11.6 Å². The molecule has 0 aliphatic carbocycles. The minimum absolute atomic E-state index is 0.162. The minimum Gasteiger partial charge on any atom is -0.423 e. The molecule has 0 saturated carbocycles. The summed E-state index contributed by atoms with van der Waals surface area (Å²) in [4.78, 5) is 36.1. The Bertz CT molecular complexity index is 1220. The molecule has 0 radical (unpaired) electrons. The first kappa shape index (κ1) is 23.9. The molecule has 0 saturated heterocycles. The van der Waals surface area contributed by atoms with Gasteiger partial charge >= 0.3 is 5.97 Å². The molecule has 0 bridgehead atoms. The molecular weight excluding hydrogens is 472 g/mol. The van der Waals surface area contributed by atoms with Crippen LogP contribution in [-0.2, 0) is 4.79 Å². The molecule has 0 unspecified atom stereocenters. The standard InChI is InChI=1S/C23H16Cl2FN3O4/c24-16-6-9-19(20(25)11-16)23(32)33-18-3-1-2-14(10-18)12-28-29-21(30)13-27-22(31)15-4-7-17(26)8-5-15/h1-12H,13H2,(H,27,31)(H,29,30)/b28-12-. The number of benzene rings is 3. The number of esters is 1. The summed E-state index contributed by atoms with van der Waals surface area (Å²) in [6.07, 6.45) is 1.34. The lowest BCUT2D eigenvalue weighted by Gasteiger charge is -2.07. The summed E-state index contributed by atoms with van der Waals surface area (Å²) >= 11 is 11.8. The van der Waals surface area contributed by atoms with Crippen molar-refractivity contribution in [2.75, 3.05) is 6.54 Å². The Hall–Kier alpha value is -3.75. The average Bonchev–Trinajstić information content (AvgIpc) is 2.78. The Balaban J connectivity index is 1.51. The van der Waals surface area contributed by atoms with Gasteiger partial charge in [-0.1, -0.05) is 35.3 Å². The molecule has 0 spiro atoms. The fraction of sp³-hybridized carbons (Fsp3) is 0.0435. The molecule has 168 valence electrons. The van der Waals surface area contributed by atoms with Gasteiger partial charge in [-0.2, -0.15) is 5.10 Å². The first-order valence-electron chi connectivity index (χ1n) is 9.45. The Labute approximate surface area is 198 Å². The summed E-state index contributed by atoms with van der Waals surface area (Å²) in [6, 6.07) is 15.8. The van der Waals surface area contributed by atoms with Gasteiger partial charge in [0.25, 0.3) is 11.8 Å². The zero-order valence-electron chi connectivity index (χ0n) is 16.8. The van der Waals surface area contributed by atoms with Crippen molar-refractivity contribution in [2.24, 2.45) is 5.10 Å². The monoisotopic (exact) mass is 487 g/mol. The Morgan fingerprint density at radius 3 is 2.48 bits per heavy atom. The molecule has 2 N–H and O–H groups in total. The molecular formula is C23H16Cl2FN3O4. The topological polar surface area (TPSA) is 96.9 Å². The predicted octanol–water partition coefficient (Wildman–Crippen LogP) is 4.23. The predicted molar refractivity (Wildman–Crippen MR) is 122 cm³/mol. The van der Waals surface area contributed by atoms with Crippen LogP contribution >= 0.6 is 23.2 Å². The van der Waals surface area contributed by atoms with Crippen molar-refractivity contribution in [3.05, 3.63) is 99.3 Å². The Morgan fingerprint density at radius 2 is 1.76 bits per heavy atom. The van der Waals surface area contributed by atoms with Gasteiger partial charge in [0, 0.05) is 10.6 Å². The fourth-order valence-electron chi connectivity index (χ4n) is 2.56. The van der Waals surface area contributed by atoms with Crippen LogP contribution in [-0.4, -0.2) is 30.5 Å². The largest absolute Gasteiger partial charge is 0.423 e. The van der Waals surface area contributed by atoms with Crippen LogP contribution in [0, 0.1) is 5.82 Å². The highest BCUT2D eigenvalue weighted by Gasteiger charge is 2.13. The third kappa shape index (κ3) is 7.13. The van der Waals surface area contributed by atoms with Crippen LogP contribution < -0.4 is 15.5 Å². The van der Waals surface area contributed by atoms with E-state index in [2.05, 4.69) is 15.8 Å². The number of hydrogen-bond donors (Lipinski definition) is 2. The van der Waals surface area contributed by atoms with E-state index in [9.17, 15) is 18.8 Å². The van der Waals surface area contributed by atoms with E-state index in [-0.39, 0.29) is 28.4 Å². The van der Waals surface area contributed by atoms with Crippen molar-refractivity contribution in [3.8, 4) is 5.75 Å². The molecule has 0 aliphatic rings. The zero-order valence-corrected chi connectivity index (χ0v) is 18.4. The van der Waals surface area contributed by atoms with Gasteiger partial charge in [0.15, 0.2) is 0 Å². The van der Waals surface area contributed by atoms with Crippen LogP contribution in [0.5, 0.6) is 5.75 Å². The van der Waals surface area contributed by atoms with Gasteiger partial charge in [-0.05, 0) is 60.2 Å². The van der Waals surface area contributed by atoms with E-state index < -0.39 is 23.6 Å². The first-order valence-corrected chi connectivity index (χ1v) is 10.2. The number of carbonyl (C=O) groups excluding carboxylic acids is 3. The maximum Gasteiger partial charge on any atom is 0.345 e. The molecule has 7 nitrogen and oxygen atoms in total. The summed E-state index contributed by atoms with van der Waals surface area (Å²) in [5, 5.41) is 6.76. The minimum atomic E-state index is -0.657. The van der Waals surface area contributed by atoms with Gasteiger partial charge in [0.05, 0.1) is 23.3 Å². The molecule has 0 atom stereocenters. The van der Waals surface area contributed by atoms with Gasteiger partial charge in [-0.15, -0.1) is 0 Å². The Kier molecular flexibility index (Phi) is 8.12.